The molecule has 2 saturated heterocycles. The first-order chi connectivity index (χ1) is 17.3. The first-order valence-electron chi connectivity index (χ1n) is 13.5. The molecule has 2 heterocycles. The van der Waals surface area contributed by atoms with Gasteiger partial charge in [0.25, 0.3) is 0 Å². The number of benzene rings is 1. The van der Waals surface area contributed by atoms with E-state index in [1.54, 1.807) is 0 Å². The molecule has 0 spiro atoms. The number of carbonyl (C=O) groups is 2. The van der Waals surface area contributed by atoms with Gasteiger partial charge in [-0.25, -0.2) is 15.2 Å². The maximum Gasteiger partial charge on any atom is 0.483 e. The summed E-state index contributed by atoms with van der Waals surface area (Å²) >= 11 is 0. The molecule has 5 aliphatic rings. The van der Waals surface area contributed by atoms with Gasteiger partial charge in [0.2, 0.25) is 5.91 Å². The Balaban J connectivity index is 1.28. The second-order valence-corrected chi connectivity index (χ2v) is 12.9. The lowest BCUT2D eigenvalue weighted by Gasteiger charge is -2.63. The lowest BCUT2D eigenvalue weighted by atomic mass is 9.45. The number of rotatable bonds is 7. The fraction of sp³-hybridized carbons (Fsp3) is 0.704. The third kappa shape index (κ3) is 5.45. The molecule has 6 rings (SSSR count). The number of nitrogens with one attached hydrogen (secondary N) is 3. The van der Waals surface area contributed by atoms with E-state index in [4.69, 9.17) is 14.0 Å². The van der Waals surface area contributed by atoms with Gasteiger partial charge < -0.3 is 19.4 Å². The number of hydrogen-bond donors (Lipinski definition) is 3. The standard InChI is InChI=1S/C27H41BN4O5/c1-25(2,3)35-24(34)23-29-16-32(31-23)15-20(30-21(33)12-17-10-8-7-9-11-17)28-36-22-19-13-18(26(19,4)5)14-27(22,6)37-28/h7-11,18-20,22-23,29,31H,12-16H2,1-6H3,(H,30,33)/t18-,19+,20-,22?,23?,27+/m1/s1. The maximum absolute atomic E-state index is 13.1. The Hall–Kier alpha value is -1.98. The Morgan fingerprint density at radius 2 is 1.97 bits per heavy atom. The second kappa shape index (κ2) is 9.65. The zero-order valence-electron chi connectivity index (χ0n) is 22.9. The molecule has 5 fully saturated rings. The highest BCUT2D eigenvalue weighted by Crippen LogP contribution is 2.64. The van der Waals surface area contributed by atoms with Crippen molar-refractivity contribution in [3.05, 3.63) is 35.9 Å². The number of hydrogen-bond acceptors (Lipinski definition) is 8. The van der Waals surface area contributed by atoms with E-state index in [1.165, 1.54) is 6.42 Å². The van der Waals surface area contributed by atoms with Gasteiger partial charge in [0, 0.05) is 6.54 Å². The zero-order valence-corrected chi connectivity index (χ0v) is 22.9. The summed E-state index contributed by atoms with van der Waals surface area (Å²) < 4.78 is 18.7. The molecule has 1 aromatic rings. The van der Waals surface area contributed by atoms with Gasteiger partial charge in [-0.3, -0.25) is 10.1 Å². The topological polar surface area (TPSA) is 101 Å². The van der Waals surface area contributed by atoms with Crippen LogP contribution in [0.15, 0.2) is 30.3 Å². The summed E-state index contributed by atoms with van der Waals surface area (Å²) in [7, 11) is -0.577. The van der Waals surface area contributed by atoms with Gasteiger partial charge >= 0.3 is 13.1 Å². The largest absolute Gasteiger partial charge is 0.483 e. The molecule has 2 aliphatic heterocycles. The van der Waals surface area contributed by atoms with Crippen molar-refractivity contribution >= 4 is 19.0 Å². The SMILES string of the molecule is CC(C)(C)OC(=O)C1NCN(C[C@@H](NC(=O)Cc2ccccc2)B2OC3[C@@H]4C[C@H](C[C@]3(C)O2)C4(C)C)N1. The molecule has 10 heteroatoms. The predicted molar refractivity (Wildman–Crippen MR) is 140 cm³/mol. The van der Waals surface area contributed by atoms with Crippen LogP contribution in [-0.2, 0) is 30.1 Å². The summed E-state index contributed by atoms with van der Waals surface area (Å²) in [6.07, 6.45) is 1.76. The van der Waals surface area contributed by atoms with Crippen molar-refractivity contribution in [2.75, 3.05) is 13.2 Å². The molecule has 3 N–H and O–H groups in total. The smallest absolute Gasteiger partial charge is 0.458 e. The summed E-state index contributed by atoms with van der Waals surface area (Å²) in [4.78, 5) is 25.7. The van der Waals surface area contributed by atoms with Crippen LogP contribution in [0.2, 0.25) is 0 Å². The first-order valence-corrected chi connectivity index (χ1v) is 13.5. The number of hydrazine groups is 1. The third-order valence-electron chi connectivity index (χ3n) is 8.57. The molecule has 1 aromatic carbocycles. The van der Waals surface area contributed by atoms with Gasteiger partial charge in [-0.1, -0.05) is 44.2 Å². The molecule has 3 saturated carbocycles. The van der Waals surface area contributed by atoms with Gasteiger partial charge in [-0.15, -0.1) is 0 Å². The van der Waals surface area contributed by atoms with Crippen molar-refractivity contribution in [2.24, 2.45) is 17.3 Å². The van der Waals surface area contributed by atoms with Crippen LogP contribution >= 0.6 is 0 Å². The van der Waals surface area contributed by atoms with Crippen molar-refractivity contribution in [1.82, 2.24) is 21.1 Å². The van der Waals surface area contributed by atoms with Crippen molar-refractivity contribution in [3.63, 3.8) is 0 Å². The minimum Gasteiger partial charge on any atom is -0.458 e. The van der Waals surface area contributed by atoms with E-state index in [1.807, 2.05) is 56.1 Å². The Morgan fingerprint density at radius 3 is 2.65 bits per heavy atom. The van der Waals surface area contributed by atoms with E-state index in [-0.39, 0.29) is 35.4 Å². The van der Waals surface area contributed by atoms with Gasteiger partial charge in [-0.2, -0.15) is 0 Å². The molecule has 0 aromatic heterocycles. The number of nitrogens with zero attached hydrogens (tertiary/aromatic N) is 1. The van der Waals surface area contributed by atoms with Crippen LogP contribution in [0.4, 0.5) is 0 Å². The Kier molecular flexibility index (Phi) is 6.94. The van der Waals surface area contributed by atoms with Crippen molar-refractivity contribution in [1.29, 1.82) is 0 Å². The van der Waals surface area contributed by atoms with Gasteiger partial charge in [-0.05, 0) is 63.4 Å². The van der Waals surface area contributed by atoms with E-state index in [9.17, 15) is 9.59 Å². The molecule has 3 aliphatic carbocycles. The molecule has 1 amide bonds. The van der Waals surface area contributed by atoms with E-state index in [0.29, 0.717) is 25.0 Å². The van der Waals surface area contributed by atoms with Crippen LogP contribution in [-0.4, -0.2) is 66.6 Å². The highest BCUT2D eigenvalue weighted by molar-refractivity contribution is 6.48. The Morgan fingerprint density at radius 1 is 1.24 bits per heavy atom. The van der Waals surface area contributed by atoms with Gasteiger partial charge in [0.05, 0.1) is 30.7 Å². The molecule has 2 unspecified atom stereocenters. The number of amides is 1. The van der Waals surface area contributed by atoms with Crippen LogP contribution in [0.1, 0.15) is 59.9 Å². The van der Waals surface area contributed by atoms with Crippen LogP contribution < -0.4 is 16.1 Å². The molecule has 202 valence electrons. The van der Waals surface area contributed by atoms with Crippen molar-refractivity contribution in [3.8, 4) is 0 Å². The quantitative estimate of drug-likeness (QED) is 0.377. The summed E-state index contributed by atoms with van der Waals surface area (Å²) in [5.41, 5.74) is 3.44. The van der Waals surface area contributed by atoms with Crippen LogP contribution in [0.25, 0.3) is 0 Å². The number of carbonyl (C=O) groups excluding carboxylic acids is 2. The molecule has 2 bridgehead atoms. The lowest BCUT2D eigenvalue weighted by molar-refractivity contribution is -0.185. The molecular formula is C27H41BN4O5. The van der Waals surface area contributed by atoms with E-state index < -0.39 is 24.8 Å². The zero-order chi connectivity index (χ0) is 26.6. The fourth-order valence-electron chi connectivity index (χ4n) is 6.48. The molecule has 0 radical (unpaired) electrons. The molecule has 37 heavy (non-hydrogen) atoms. The third-order valence-corrected chi connectivity index (χ3v) is 8.57. The molecule has 6 atom stereocenters. The molecular weight excluding hydrogens is 471 g/mol. The van der Waals surface area contributed by atoms with E-state index >= 15 is 0 Å². The Bertz CT molecular complexity index is 1020. The van der Waals surface area contributed by atoms with E-state index in [0.717, 1.165) is 12.0 Å². The molecule has 9 nitrogen and oxygen atoms in total. The van der Waals surface area contributed by atoms with Gasteiger partial charge in [0.1, 0.15) is 5.60 Å². The normalized spacial score (nSPS) is 33.4. The number of esters is 1. The fourth-order valence-corrected chi connectivity index (χ4v) is 6.48. The minimum absolute atomic E-state index is 0.00481. The summed E-state index contributed by atoms with van der Waals surface area (Å²) in [6, 6.07) is 9.68. The van der Waals surface area contributed by atoms with Gasteiger partial charge in [0.15, 0.2) is 6.17 Å². The Labute approximate surface area is 220 Å². The average molecular weight is 512 g/mol. The van der Waals surface area contributed by atoms with Crippen LogP contribution in [0.3, 0.4) is 0 Å². The average Bonchev–Trinajstić information content (AvgIpc) is 3.42. The minimum atomic E-state index is -0.654. The van der Waals surface area contributed by atoms with Crippen molar-refractivity contribution < 1.29 is 23.6 Å². The second-order valence-electron chi connectivity index (χ2n) is 12.9. The first kappa shape index (κ1) is 26.6. The lowest BCUT2D eigenvalue weighted by Crippen LogP contribution is -2.63. The van der Waals surface area contributed by atoms with Crippen LogP contribution in [0.5, 0.6) is 0 Å². The summed E-state index contributed by atoms with van der Waals surface area (Å²) in [5.74, 6) is 0.194. The van der Waals surface area contributed by atoms with E-state index in [2.05, 4.69) is 36.8 Å². The number of ether oxygens (including phenoxy) is 1. The maximum atomic E-state index is 13.1. The van der Waals surface area contributed by atoms with Crippen molar-refractivity contribution in [2.45, 2.75) is 90.2 Å². The summed E-state index contributed by atoms with van der Waals surface area (Å²) in [6.45, 7) is 13.2. The van der Waals surface area contributed by atoms with Crippen LogP contribution in [0, 0.1) is 17.3 Å². The monoisotopic (exact) mass is 512 g/mol. The highest BCUT2D eigenvalue weighted by atomic mass is 16.7. The summed E-state index contributed by atoms with van der Waals surface area (Å²) in [5, 5.41) is 8.20. The highest BCUT2D eigenvalue weighted by Gasteiger charge is 2.67. The predicted octanol–water partition coefficient (Wildman–Crippen LogP) is 2.02.